The van der Waals surface area contributed by atoms with E-state index in [9.17, 15) is 0 Å². The molecule has 0 saturated heterocycles. The molecule has 8 heteroatoms. The molecule has 4 aromatic rings. The Kier molecular flexibility index (Phi) is 4.75. The number of imidazole rings is 1. The summed E-state index contributed by atoms with van der Waals surface area (Å²) in [5.41, 5.74) is 3.46. The standard InChI is InChI=1S/C20H19ClN6O/c1-13-11-27(12-22-13)17-9-8-14(10-18(17)28-3)19-24-20(26(2)25-19)23-16-7-5-4-6-15(16)21/h4-12H,1-3H3,(H,23,24,25). The molecule has 0 bridgehead atoms. The Morgan fingerprint density at radius 3 is 2.68 bits per heavy atom. The SMILES string of the molecule is COc1cc(-c2nc(Nc3ccccc3Cl)n(C)n2)ccc1-n1cnc(C)c1. The van der Waals surface area contributed by atoms with Crippen molar-refractivity contribution >= 4 is 23.2 Å². The van der Waals surface area contributed by atoms with Crippen LogP contribution in [0.4, 0.5) is 11.6 Å². The van der Waals surface area contributed by atoms with Gasteiger partial charge in [-0.25, -0.2) is 9.67 Å². The minimum absolute atomic E-state index is 0.587. The van der Waals surface area contributed by atoms with Crippen LogP contribution in [0.15, 0.2) is 55.0 Å². The Morgan fingerprint density at radius 2 is 1.96 bits per heavy atom. The summed E-state index contributed by atoms with van der Waals surface area (Å²) >= 11 is 6.22. The van der Waals surface area contributed by atoms with Gasteiger partial charge < -0.3 is 14.6 Å². The maximum Gasteiger partial charge on any atom is 0.225 e. The molecule has 0 aliphatic heterocycles. The third kappa shape index (κ3) is 3.44. The van der Waals surface area contributed by atoms with E-state index in [1.54, 1.807) is 18.1 Å². The number of hydrogen-bond acceptors (Lipinski definition) is 5. The highest BCUT2D eigenvalue weighted by Crippen LogP contribution is 2.30. The lowest BCUT2D eigenvalue weighted by Crippen LogP contribution is -2.00. The van der Waals surface area contributed by atoms with Crippen molar-refractivity contribution in [3.63, 3.8) is 0 Å². The Balaban J connectivity index is 1.67. The molecule has 0 radical (unpaired) electrons. The molecule has 2 aromatic carbocycles. The zero-order valence-corrected chi connectivity index (χ0v) is 16.5. The molecule has 28 heavy (non-hydrogen) atoms. The van der Waals surface area contributed by atoms with Gasteiger partial charge >= 0.3 is 0 Å². The summed E-state index contributed by atoms with van der Waals surface area (Å²) in [5, 5.41) is 8.35. The van der Waals surface area contributed by atoms with Crippen LogP contribution in [0.2, 0.25) is 5.02 Å². The number of nitrogens with one attached hydrogen (secondary N) is 1. The minimum Gasteiger partial charge on any atom is -0.495 e. The smallest absolute Gasteiger partial charge is 0.225 e. The van der Waals surface area contributed by atoms with E-state index in [1.807, 2.05) is 67.2 Å². The van der Waals surface area contributed by atoms with Crippen molar-refractivity contribution < 1.29 is 4.74 Å². The number of benzene rings is 2. The summed E-state index contributed by atoms with van der Waals surface area (Å²) in [6.07, 6.45) is 3.71. The van der Waals surface area contributed by atoms with Crippen LogP contribution >= 0.6 is 11.6 Å². The fourth-order valence-corrected chi connectivity index (χ4v) is 3.06. The van der Waals surface area contributed by atoms with Crippen LogP contribution in [0, 0.1) is 6.92 Å². The van der Waals surface area contributed by atoms with Crippen molar-refractivity contribution in [3.05, 3.63) is 65.7 Å². The number of aryl methyl sites for hydroxylation is 2. The van der Waals surface area contributed by atoms with Crippen molar-refractivity contribution in [1.29, 1.82) is 0 Å². The fourth-order valence-electron chi connectivity index (χ4n) is 2.88. The van der Waals surface area contributed by atoms with Gasteiger partial charge in [0, 0.05) is 18.8 Å². The molecular formula is C20H19ClN6O. The molecule has 0 spiro atoms. The number of anilines is 2. The number of ether oxygens (including phenoxy) is 1. The molecule has 2 heterocycles. The monoisotopic (exact) mass is 394 g/mol. The summed E-state index contributed by atoms with van der Waals surface area (Å²) in [7, 11) is 3.47. The number of hydrogen-bond donors (Lipinski definition) is 1. The summed E-state index contributed by atoms with van der Waals surface area (Å²) in [6.45, 7) is 1.95. The van der Waals surface area contributed by atoms with Gasteiger partial charge in [-0.05, 0) is 37.3 Å². The van der Waals surface area contributed by atoms with Crippen LogP contribution in [0.1, 0.15) is 5.69 Å². The number of rotatable bonds is 5. The van der Waals surface area contributed by atoms with E-state index in [0.29, 0.717) is 22.5 Å². The van der Waals surface area contributed by atoms with Crippen LogP contribution in [0.25, 0.3) is 17.1 Å². The van der Waals surface area contributed by atoms with Crippen LogP contribution in [0.5, 0.6) is 5.75 Å². The zero-order valence-electron chi connectivity index (χ0n) is 15.7. The first-order chi connectivity index (χ1) is 13.5. The van der Waals surface area contributed by atoms with Gasteiger partial charge in [-0.3, -0.25) is 0 Å². The molecule has 0 aliphatic carbocycles. The van der Waals surface area contributed by atoms with E-state index in [-0.39, 0.29) is 0 Å². The molecule has 0 atom stereocenters. The van der Waals surface area contributed by atoms with Gasteiger partial charge in [0.25, 0.3) is 0 Å². The second-order valence-corrected chi connectivity index (χ2v) is 6.70. The number of aromatic nitrogens is 5. The topological polar surface area (TPSA) is 69.8 Å². The molecule has 0 aliphatic rings. The van der Waals surface area contributed by atoms with Crippen LogP contribution in [-0.4, -0.2) is 31.4 Å². The number of methoxy groups -OCH3 is 1. The lowest BCUT2D eigenvalue weighted by atomic mass is 10.1. The van der Waals surface area contributed by atoms with Crippen LogP contribution in [0.3, 0.4) is 0 Å². The third-order valence-electron chi connectivity index (χ3n) is 4.31. The first kappa shape index (κ1) is 18.1. The van der Waals surface area contributed by atoms with E-state index >= 15 is 0 Å². The summed E-state index contributed by atoms with van der Waals surface area (Å²) in [4.78, 5) is 8.88. The Morgan fingerprint density at radius 1 is 1.14 bits per heavy atom. The quantitative estimate of drug-likeness (QED) is 0.544. The second-order valence-electron chi connectivity index (χ2n) is 6.30. The molecular weight excluding hydrogens is 376 g/mol. The van der Waals surface area contributed by atoms with Gasteiger partial charge in [-0.15, -0.1) is 5.10 Å². The molecule has 0 unspecified atom stereocenters. The lowest BCUT2D eigenvalue weighted by molar-refractivity contribution is 0.413. The highest BCUT2D eigenvalue weighted by Gasteiger charge is 2.14. The van der Waals surface area contributed by atoms with Gasteiger partial charge in [0.05, 0.1) is 35.5 Å². The number of nitrogens with zero attached hydrogens (tertiary/aromatic N) is 5. The second kappa shape index (κ2) is 7.36. The summed E-state index contributed by atoms with van der Waals surface area (Å²) in [5.74, 6) is 1.89. The first-order valence-corrected chi connectivity index (χ1v) is 9.05. The maximum atomic E-state index is 6.22. The molecule has 4 rings (SSSR count). The van der Waals surface area contributed by atoms with E-state index in [4.69, 9.17) is 16.3 Å². The molecule has 0 amide bonds. The lowest BCUT2D eigenvalue weighted by Gasteiger charge is -2.10. The third-order valence-corrected chi connectivity index (χ3v) is 4.64. The van der Waals surface area contributed by atoms with Crippen molar-refractivity contribution in [2.24, 2.45) is 7.05 Å². The van der Waals surface area contributed by atoms with Gasteiger partial charge in [0.15, 0.2) is 5.82 Å². The normalized spacial score (nSPS) is 10.9. The van der Waals surface area contributed by atoms with Crippen molar-refractivity contribution in [1.82, 2.24) is 24.3 Å². The van der Waals surface area contributed by atoms with Crippen LogP contribution < -0.4 is 10.1 Å². The number of para-hydroxylation sites is 1. The van der Waals surface area contributed by atoms with Gasteiger partial charge in [0.2, 0.25) is 5.95 Å². The molecule has 0 fully saturated rings. The summed E-state index contributed by atoms with van der Waals surface area (Å²) < 4.78 is 9.18. The molecule has 142 valence electrons. The first-order valence-electron chi connectivity index (χ1n) is 8.67. The van der Waals surface area contributed by atoms with E-state index in [1.165, 1.54) is 0 Å². The van der Waals surface area contributed by atoms with Crippen molar-refractivity contribution in [2.75, 3.05) is 12.4 Å². The predicted octanol–water partition coefficient (Wildman–Crippen LogP) is 4.38. The summed E-state index contributed by atoms with van der Waals surface area (Å²) in [6, 6.07) is 13.3. The van der Waals surface area contributed by atoms with E-state index in [0.717, 1.165) is 22.6 Å². The largest absolute Gasteiger partial charge is 0.495 e. The molecule has 2 aromatic heterocycles. The molecule has 7 nitrogen and oxygen atoms in total. The van der Waals surface area contributed by atoms with Gasteiger partial charge in [-0.2, -0.15) is 4.98 Å². The fraction of sp³-hybridized carbons (Fsp3) is 0.150. The Bertz CT molecular complexity index is 1130. The van der Waals surface area contributed by atoms with E-state index < -0.39 is 0 Å². The van der Waals surface area contributed by atoms with Crippen molar-refractivity contribution in [2.45, 2.75) is 6.92 Å². The Hall–Kier alpha value is -3.32. The average molecular weight is 395 g/mol. The number of halogens is 1. The maximum absolute atomic E-state index is 6.22. The molecule has 0 saturated carbocycles. The van der Waals surface area contributed by atoms with Gasteiger partial charge in [-0.1, -0.05) is 23.7 Å². The van der Waals surface area contributed by atoms with Crippen molar-refractivity contribution in [3.8, 4) is 22.8 Å². The molecule has 1 N–H and O–H groups in total. The average Bonchev–Trinajstić information content (AvgIpc) is 3.29. The highest BCUT2D eigenvalue weighted by molar-refractivity contribution is 6.33. The zero-order chi connectivity index (χ0) is 19.7. The minimum atomic E-state index is 0.587. The highest BCUT2D eigenvalue weighted by atomic mass is 35.5. The Labute approximate surface area is 167 Å². The predicted molar refractivity (Wildman–Crippen MR) is 110 cm³/mol. The van der Waals surface area contributed by atoms with Crippen LogP contribution in [-0.2, 0) is 7.05 Å². The van der Waals surface area contributed by atoms with E-state index in [2.05, 4.69) is 20.4 Å². The van der Waals surface area contributed by atoms with Gasteiger partial charge in [0.1, 0.15) is 5.75 Å².